The summed E-state index contributed by atoms with van der Waals surface area (Å²) in [6.45, 7) is 4.05. The molecule has 8 rings (SSSR count). The maximum Gasteiger partial charge on any atom is 0.340 e. The summed E-state index contributed by atoms with van der Waals surface area (Å²) in [5, 5.41) is 13.8. The van der Waals surface area contributed by atoms with Crippen molar-refractivity contribution in [3.8, 4) is 5.75 Å². The molecule has 1 spiro atoms. The number of hydrogen-bond acceptors (Lipinski definition) is 7. The number of Topliss-reactive ketones (excluding diaryl/α,β-unsaturated/α-hetero) is 1. The lowest BCUT2D eigenvalue weighted by atomic mass is 9.63. The summed E-state index contributed by atoms with van der Waals surface area (Å²) in [5.41, 5.74) is 0.522. The number of β-lactam (4-membered cyclic amide) rings is 1. The number of aliphatic hydroxyl groups is 1. The van der Waals surface area contributed by atoms with Crippen molar-refractivity contribution in [3.05, 3.63) is 162 Å². The highest BCUT2D eigenvalue weighted by Gasteiger charge is 2.79. The number of para-hydroxylation sites is 1. The van der Waals surface area contributed by atoms with Gasteiger partial charge in [-0.15, -0.1) is 11.8 Å². The highest BCUT2D eigenvalue weighted by atomic mass is 32.2. The Balaban J connectivity index is 1.23. The standard InChI is InChI=1S/C43H37NO6S/c1-41(2)38(43(48,30-19-8-4-9-20-30)49-27-28-15-6-3-7-16-28)44-39(47)42(40(44)51-41)34(25-26-35(42)37(46)50-31-21-10-5-11-22-31)36(45)33-24-14-18-29-17-12-13-23-32(29)33/h3-24,26,34,38,40,48H,25,27H2,1-2H3/t34?,38-,40-,42?,43?/m1/s1. The van der Waals surface area contributed by atoms with E-state index in [0.717, 1.165) is 16.3 Å². The summed E-state index contributed by atoms with van der Waals surface area (Å²) < 4.78 is 11.6. The maximum absolute atomic E-state index is 15.2. The number of hydrogen-bond donors (Lipinski definition) is 1. The monoisotopic (exact) mass is 695 g/mol. The van der Waals surface area contributed by atoms with E-state index >= 15 is 4.79 Å². The summed E-state index contributed by atoms with van der Waals surface area (Å²) >= 11 is 1.48. The van der Waals surface area contributed by atoms with Crippen molar-refractivity contribution >= 4 is 40.2 Å². The third-order valence-electron chi connectivity index (χ3n) is 10.5. The highest BCUT2D eigenvalue weighted by molar-refractivity contribution is 8.01. The van der Waals surface area contributed by atoms with Crippen LogP contribution in [0.5, 0.6) is 5.75 Å². The molecule has 3 aliphatic rings. The molecule has 1 N–H and O–H groups in total. The van der Waals surface area contributed by atoms with E-state index in [9.17, 15) is 14.7 Å². The molecule has 256 valence electrons. The van der Waals surface area contributed by atoms with Crippen LogP contribution in [0.2, 0.25) is 0 Å². The average molecular weight is 696 g/mol. The van der Waals surface area contributed by atoms with Gasteiger partial charge in [0, 0.05) is 21.8 Å². The van der Waals surface area contributed by atoms with Crippen molar-refractivity contribution in [1.29, 1.82) is 0 Å². The topological polar surface area (TPSA) is 93.1 Å². The fourth-order valence-electron chi connectivity index (χ4n) is 8.28. The first-order valence-electron chi connectivity index (χ1n) is 17.1. The lowest BCUT2D eigenvalue weighted by Crippen LogP contribution is -2.74. The minimum atomic E-state index is -1.93. The number of esters is 1. The number of ketones is 1. The third kappa shape index (κ3) is 5.24. The molecule has 2 fully saturated rings. The Morgan fingerprint density at radius 2 is 1.47 bits per heavy atom. The molecule has 51 heavy (non-hydrogen) atoms. The zero-order valence-corrected chi connectivity index (χ0v) is 29.1. The van der Waals surface area contributed by atoms with Crippen LogP contribution in [0.3, 0.4) is 0 Å². The van der Waals surface area contributed by atoms with E-state index in [1.807, 2.05) is 105 Å². The van der Waals surface area contributed by atoms with E-state index in [-0.39, 0.29) is 24.4 Å². The van der Waals surface area contributed by atoms with Crippen LogP contribution in [0.15, 0.2) is 145 Å². The van der Waals surface area contributed by atoms with Gasteiger partial charge in [-0.05, 0) is 48.7 Å². The number of rotatable bonds is 9. The molecule has 0 aromatic heterocycles. The molecule has 0 radical (unpaired) electrons. The first-order chi connectivity index (χ1) is 24.7. The lowest BCUT2D eigenvalue weighted by molar-refractivity contribution is -0.269. The summed E-state index contributed by atoms with van der Waals surface area (Å²) in [7, 11) is 0. The number of nitrogens with zero attached hydrogens (tertiary/aromatic N) is 1. The van der Waals surface area contributed by atoms with Gasteiger partial charge in [0.2, 0.25) is 11.7 Å². The first kappa shape index (κ1) is 33.1. The molecule has 8 heteroatoms. The maximum atomic E-state index is 15.2. The number of amides is 1. The van der Waals surface area contributed by atoms with Crippen molar-refractivity contribution in [3.63, 3.8) is 0 Å². The van der Waals surface area contributed by atoms with Crippen LogP contribution in [-0.4, -0.2) is 43.8 Å². The third-order valence-corrected chi connectivity index (χ3v) is 12.2. The number of ether oxygens (including phenoxy) is 2. The Morgan fingerprint density at radius 1 is 0.843 bits per heavy atom. The van der Waals surface area contributed by atoms with Gasteiger partial charge in [0.1, 0.15) is 17.2 Å². The Labute approximate surface area is 300 Å². The van der Waals surface area contributed by atoms with Crippen LogP contribution >= 0.6 is 11.8 Å². The van der Waals surface area contributed by atoms with Crippen molar-refractivity contribution < 1.29 is 29.0 Å². The van der Waals surface area contributed by atoms with Gasteiger partial charge in [0.05, 0.1) is 17.6 Å². The Morgan fingerprint density at radius 3 is 2.20 bits per heavy atom. The molecule has 3 unspecified atom stereocenters. The number of thioether (sulfide) groups is 1. The largest absolute Gasteiger partial charge is 0.423 e. The summed E-state index contributed by atoms with van der Waals surface area (Å²) in [5.74, 6) is -3.73. The fraction of sp³-hybridized carbons (Fsp3) is 0.233. The first-order valence-corrected chi connectivity index (χ1v) is 18.0. The average Bonchev–Trinajstić information content (AvgIpc) is 3.70. The Hall–Kier alpha value is -5.02. The zero-order valence-electron chi connectivity index (χ0n) is 28.3. The Bertz CT molecular complexity index is 2170. The van der Waals surface area contributed by atoms with Crippen LogP contribution in [0.4, 0.5) is 0 Å². The van der Waals surface area contributed by atoms with Crippen molar-refractivity contribution in [1.82, 2.24) is 4.90 Å². The second-order valence-electron chi connectivity index (χ2n) is 13.9. The molecule has 1 aliphatic carbocycles. The molecule has 1 amide bonds. The molecule has 0 bridgehead atoms. The van der Waals surface area contributed by atoms with E-state index in [0.29, 0.717) is 16.9 Å². The molecule has 5 atom stereocenters. The molecule has 2 saturated heterocycles. The van der Waals surface area contributed by atoms with Crippen molar-refractivity contribution in [2.75, 3.05) is 0 Å². The molecular formula is C43H37NO6S. The summed E-state index contributed by atoms with van der Waals surface area (Å²) in [4.78, 5) is 45.8. The van der Waals surface area contributed by atoms with Crippen LogP contribution in [0.25, 0.3) is 10.8 Å². The number of fused-ring (bicyclic) bond motifs is 3. The van der Waals surface area contributed by atoms with Gasteiger partial charge in [-0.2, -0.15) is 0 Å². The van der Waals surface area contributed by atoms with Crippen LogP contribution < -0.4 is 4.74 Å². The van der Waals surface area contributed by atoms with E-state index in [4.69, 9.17) is 9.47 Å². The second kappa shape index (κ2) is 12.6. The molecule has 5 aromatic carbocycles. The van der Waals surface area contributed by atoms with Crippen molar-refractivity contribution in [2.45, 2.75) is 48.8 Å². The van der Waals surface area contributed by atoms with Gasteiger partial charge in [-0.3, -0.25) is 9.59 Å². The molecule has 5 aromatic rings. The van der Waals surface area contributed by atoms with Crippen LogP contribution in [-0.2, 0) is 26.7 Å². The lowest BCUT2D eigenvalue weighted by Gasteiger charge is -2.57. The molecular weight excluding hydrogens is 659 g/mol. The van der Waals surface area contributed by atoms with Crippen LogP contribution in [0, 0.1) is 11.3 Å². The second-order valence-corrected chi connectivity index (χ2v) is 15.6. The normalized spacial score (nSPS) is 24.5. The Kier molecular flexibility index (Phi) is 8.21. The zero-order chi connectivity index (χ0) is 35.4. The van der Waals surface area contributed by atoms with Crippen molar-refractivity contribution in [2.24, 2.45) is 11.3 Å². The molecule has 2 aliphatic heterocycles. The summed E-state index contributed by atoms with van der Waals surface area (Å²) in [6.07, 6.45) is 1.90. The number of carbonyl (C=O) groups excluding carboxylic acids is 3. The minimum Gasteiger partial charge on any atom is -0.423 e. The predicted molar refractivity (Wildman–Crippen MR) is 197 cm³/mol. The van der Waals surface area contributed by atoms with Gasteiger partial charge >= 0.3 is 5.97 Å². The number of carbonyl (C=O) groups is 3. The van der Waals surface area contributed by atoms with Gasteiger partial charge in [0.25, 0.3) is 0 Å². The molecule has 2 heterocycles. The minimum absolute atomic E-state index is 0.0953. The van der Waals surface area contributed by atoms with Gasteiger partial charge in [0.15, 0.2) is 5.78 Å². The quantitative estimate of drug-likeness (QED) is 0.0556. The van der Waals surface area contributed by atoms with Gasteiger partial charge < -0.3 is 19.5 Å². The van der Waals surface area contributed by atoms with E-state index in [1.54, 1.807) is 53.4 Å². The smallest absolute Gasteiger partial charge is 0.340 e. The van der Waals surface area contributed by atoms with E-state index < -0.39 is 45.2 Å². The SMILES string of the molecule is CC1(C)S[C@H]2N(C(=O)C23C(C(=O)Oc2ccccc2)=CCC3C(=O)c2cccc3ccccc23)[C@H]1C(O)(OCc1ccccc1)c1ccccc1. The van der Waals surface area contributed by atoms with Gasteiger partial charge in [-0.25, -0.2) is 4.79 Å². The number of benzene rings is 5. The molecule has 7 nitrogen and oxygen atoms in total. The predicted octanol–water partition coefficient (Wildman–Crippen LogP) is 7.69. The van der Waals surface area contributed by atoms with E-state index in [1.165, 1.54) is 11.8 Å². The number of allylic oxidation sites excluding steroid dienone is 1. The fourth-order valence-corrected chi connectivity index (χ4v) is 10.2. The van der Waals surface area contributed by atoms with Crippen LogP contribution in [0.1, 0.15) is 41.8 Å². The van der Waals surface area contributed by atoms with Gasteiger partial charge in [-0.1, -0.05) is 127 Å². The molecule has 0 saturated carbocycles. The summed E-state index contributed by atoms with van der Waals surface area (Å²) in [6, 6.07) is 39.8. The highest BCUT2D eigenvalue weighted by Crippen LogP contribution is 2.68. The van der Waals surface area contributed by atoms with E-state index in [2.05, 4.69) is 0 Å².